The smallest absolute Gasteiger partial charge is 0.120 e. The van der Waals surface area contributed by atoms with Gasteiger partial charge in [0.15, 0.2) is 0 Å². The second-order valence-corrected chi connectivity index (χ2v) is 4.49. The van der Waals surface area contributed by atoms with Crippen molar-refractivity contribution in [1.29, 1.82) is 0 Å². The molecular formula is C13H20N2O2. The summed E-state index contributed by atoms with van der Waals surface area (Å²) in [5.41, 5.74) is 1.21. The minimum atomic E-state index is 0.528. The zero-order chi connectivity index (χ0) is 12.1. The molecule has 4 nitrogen and oxygen atoms in total. The molecule has 0 saturated carbocycles. The molecule has 0 radical (unpaired) electrons. The van der Waals surface area contributed by atoms with Crippen LogP contribution in [-0.4, -0.2) is 26.8 Å². The Morgan fingerprint density at radius 3 is 3.12 bits per heavy atom. The van der Waals surface area contributed by atoms with Crippen LogP contribution < -0.4 is 15.5 Å². The third kappa shape index (κ3) is 3.11. The maximum atomic E-state index is 5.25. The van der Waals surface area contributed by atoms with E-state index in [0.29, 0.717) is 12.5 Å². The van der Waals surface area contributed by atoms with Crippen LogP contribution in [0.4, 0.5) is 5.69 Å². The Kier molecular flexibility index (Phi) is 4.23. The number of ether oxygens (including phenoxy) is 1. The molecule has 0 spiro atoms. The lowest BCUT2D eigenvalue weighted by Gasteiger charge is -2.34. The lowest BCUT2D eigenvalue weighted by molar-refractivity contribution is 0.0951. The summed E-state index contributed by atoms with van der Waals surface area (Å²) in [6.45, 7) is 2.74. The largest absolute Gasteiger partial charge is 0.497 e. The standard InChI is InChI=1S/C13H20N2O2/c1-16-13-6-2-5-12(8-13)15-7-3-4-11(9-15)10-17-14/h2,5-6,8,11H,3-4,7,9-10,14H2,1H3. The number of hydrogen-bond donors (Lipinski definition) is 1. The van der Waals surface area contributed by atoms with Crippen molar-refractivity contribution in [3.8, 4) is 5.75 Å². The molecule has 1 aliphatic heterocycles. The summed E-state index contributed by atoms with van der Waals surface area (Å²) in [6, 6.07) is 8.19. The summed E-state index contributed by atoms with van der Waals surface area (Å²) < 4.78 is 5.25. The summed E-state index contributed by atoms with van der Waals surface area (Å²) in [5, 5.41) is 0. The number of rotatable bonds is 4. The topological polar surface area (TPSA) is 47.7 Å². The Morgan fingerprint density at radius 2 is 2.35 bits per heavy atom. The van der Waals surface area contributed by atoms with Crippen LogP contribution in [0.2, 0.25) is 0 Å². The van der Waals surface area contributed by atoms with E-state index in [1.54, 1.807) is 7.11 Å². The highest BCUT2D eigenvalue weighted by molar-refractivity contribution is 5.51. The van der Waals surface area contributed by atoms with Gasteiger partial charge in [-0.2, -0.15) is 0 Å². The predicted octanol–water partition coefficient (Wildman–Crippen LogP) is 1.80. The summed E-state index contributed by atoms with van der Waals surface area (Å²) in [7, 11) is 1.69. The van der Waals surface area contributed by atoms with Crippen LogP contribution in [0.3, 0.4) is 0 Å². The maximum absolute atomic E-state index is 5.25. The van der Waals surface area contributed by atoms with E-state index in [1.807, 2.05) is 12.1 Å². The molecule has 0 bridgehead atoms. The van der Waals surface area contributed by atoms with E-state index in [2.05, 4.69) is 17.0 Å². The van der Waals surface area contributed by atoms with Crippen LogP contribution in [-0.2, 0) is 4.84 Å². The summed E-state index contributed by atoms with van der Waals surface area (Å²) in [4.78, 5) is 7.13. The van der Waals surface area contributed by atoms with Crippen molar-refractivity contribution >= 4 is 5.69 Å². The average molecular weight is 236 g/mol. The number of anilines is 1. The van der Waals surface area contributed by atoms with Gasteiger partial charge in [-0.05, 0) is 25.0 Å². The van der Waals surface area contributed by atoms with E-state index in [1.165, 1.54) is 18.5 Å². The van der Waals surface area contributed by atoms with Gasteiger partial charge in [-0.1, -0.05) is 6.07 Å². The first-order valence-electron chi connectivity index (χ1n) is 6.04. The Morgan fingerprint density at radius 1 is 1.47 bits per heavy atom. The summed E-state index contributed by atoms with van der Waals surface area (Å²) in [6.07, 6.45) is 2.38. The first-order chi connectivity index (χ1) is 8.33. The minimum Gasteiger partial charge on any atom is -0.497 e. The lowest BCUT2D eigenvalue weighted by Crippen LogP contribution is -2.37. The van der Waals surface area contributed by atoms with E-state index >= 15 is 0 Å². The van der Waals surface area contributed by atoms with Crippen LogP contribution in [0.5, 0.6) is 5.75 Å². The molecule has 17 heavy (non-hydrogen) atoms. The molecule has 1 atom stereocenters. The van der Waals surface area contributed by atoms with Gasteiger partial charge in [0.1, 0.15) is 5.75 Å². The van der Waals surface area contributed by atoms with Gasteiger partial charge in [0, 0.05) is 30.8 Å². The predicted molar refractivity (Wildman–Crippen MR) is 68.1 cm³/mol. The molecule has 0 aromatic heterocycles. The van der Waals surface area contributed by atoms with Crippen molar-refractivity contribution in [3.05, 3.63) is 24.3 Å². The van der Waals surface area contributed by atoms with Crippen molar-refractivity contribution < 1.29 is 9.57 Å². The van der Waals surface area contributed by atoms with Gasteiger partial charge in [0.2, 0.25) is 0 Å². The van der Waals surface area contributed by atoms with Crippen LogP contribution in [0.25, 0.3) is 0 Å². The van der Waals surface area contributed by atoms with Gasteiger partial charge in [0.05, 0.1) is 13.7 Å². The molecule has 0 aliphatic carbocycles. The fourth-order valence-corrected chi connectivity index (χ4v) is 2.38. The van der Waals surface area contributed by atoms with Gasteiger partial charge in [0.25, 0.3) is 0 Å². The fraction of sp³-hybridized carbons (Fsp3) is 0.538. The monoisotopic (exact) mass is 236 g/mol. The Balaban J connectivity index is 2.05. The second-order valence-electron chi connectivity index (χ2n) is 4.49. The molecule has 2 N–H and O–H groups in total. The van der Waals surface area contributed by atoms with Crippen LogP contribution in [0.1, 0.15) is 12.8 Å². The molecule has 1 saturated heterocycles. The SMILES string of the molecule is COc1cccc(N2CCCC(CON)C2)c1. The Labute approximate surface area is 102 Å². The molecule has 1 aliphatic rings. The molecular weight excluding hydrogens is 216 g/mol. The third-order valence-electron chi connectivity index (χ3n) is 3.27. The average Bonchev–Trinajstić information content (AvgIpc) is 2.40. The van der Waals surface area contributed by atoms with Gasteiger partial charge >= 0.3 is 0 Å². The number of benzene rings is 1. The molecule has 1 aromatic rings. The van der Waals surface area contributed by atoms with E-state index in [4.69, 9.17) is 15.5 Å². The van der Waals surface area contributed by atoms with Crippen molar-refractivity contribution in [2.24, 2.45) is 11.8 Å². The Hall–Kier alpha value is -1.26. The van der Waals surface area contributed by atoms with Crippen molar-refractivity contribution in [1.82, 2.24) is 0 Å². The van der Waals surface area contributed by atoms with Gasteiger partial charge in [-0.25, -0.2) is 5.90 Å². The van der Waals surface area contributed by atoms with Crippen molar-refractivity contribution in [2.45, 2.75) is 12.8 Å². The van der Waals surface area contributed by atoms with E-state index < -0.39 is 0 Å². The van der Waals surface area contributed by atoms with Crippen LogP contribution in [0, 0.1) is 5.92 Å². The number of hydrogen-bond acceptors (Lipinski definition) is 4. The summed E-state index contributed by atoms with van der Waals surface area (Å²) in [5.74, 6) is 6.58. The van der Waals surface area contributed by atoms with E-state index in [9.17, 15) is 0 Å². The van der Waals surface area contributed by atoms with E-state index in [0.717, 1.165) is 18.8 Å². The van der Waals surface area contributed by atoms with Crippen LogP contribution in [0.15, 0.2) is 24.3 Å². The molecule has 94 valence electrons. The molecule has 0 amide bonds. The molecule has 1 unspecified atom stereocenters. The summed E-state index contributed by atoms with van der Waals surface area (Å²) >= 11 is 0. The quantitative estimate of drug-likeness (QED) is 0.810. The second kappa shape index (κ2) is 5.89. The number of nitrogens with zero attached hydrogens (tertiary/aromatic N) is 1. The zero-order valence-corrected chi connectivity index (χ0v) is 10.3. The van der Waals surface area contributed by atoms with E-state index in [-0.39, 0.29) is 0 Å². The zero-order valence-electron chi connectivity index (χ0n) is 10.3. The number of piperidine rings is 1. The first-order valence-corrected chi connectivity index (χ1v) is 6.04. The highest BCUT2D eigenvalue weighted by atomic mass is 16.6. The van der Waals surface area contributed by atoms with Crippen LogP contribution >= 0.6 is 0 Å². The molecule has 4 heteroatoms. The van der Waals surface area contributed by atoms with Crippen molar-refractivity contribution in [3.63, 3.8) is 0 Å². The normalized spacial score (nSPS) is 20.4. The fourth-order valence-electron chi connectivity index (χ4n) is 2.38. The van der Waals surface area contributed by atoms with Gasteiger partial charge in [-0.15, -0.1) is 0 Å². The number of nitrogens with two attached hydrogens (primary N) is 1. The first kappa shape index (κ1) is 12.2. The molecule has 1 aromatic carbocycles. The Bertz CT molecular complexity index is 355. The van der Waals surface area contributed by atoms with Crippen molar-refractivity contribution in [2.75, 3.05) is 31.7 Å². The number of methoxy groups -OCH3 is 1. The van der Waals surface area contributed by atoms with Gasteiger partial charge < -0.3 is 14.5 Å². The third-order valence-corrected chi connectivity index (χ3v) is 3.27. The maximum Gasteiger partial charge on any atom is 0.120 e. The lowest BCUT2D eigenvalue weighted by atomic mass is 9.98. The highest BCUT2D eigenvalue weighted by Gasteiger charge is 2.20. The molecule has 1 fully saturated rings. The minimum absolute atomic E-state index is 0.528. The molecule has 2 rings (SSSR count). The molecule has 1 heterocycles. The van der Waals surface area contributed by atoms with Gasteiger partial charge in [-0.3, -0.25) is 0 Å². The highest BCUT2D eigenvalue weighted by Crippen LogP contribution is 2.26.